The topological polar surface area (TPSA) is 38.9 Å². The number of hydrogen-bond donors (Lipinski definition) is 1. The molecule has 4 heteroatoms. The fourth-order valence-electron chi connectivity index (χ4n) is 1.50. The monoisotopic (exact) mass is 230 g/mol. The van der Waals surface area contributed by atoms with Gasteiger partial charge in [0.05, 0.1) is 6.04 Å². The second kappa shape index (κ2) is 2.78. The summed E-state index contributed by atoms with van der Waals surface area (Å²) >= 11 is 3.32. The SMILES string of the molecule is NC1c2cncc(Br)c2CC1F. The molecule has 0 saturated carbocycles. The number of rotatable bonds is 0. The van der Waals surface area contributed by atoms with Crippen molar-refractivity contribution in [2.45, 2.75) is 18.6 Å². The van der Waals surface area contributed by atoms with E-state index in [9.17, 15) is 4.39 Å². The van der Waals surface area contributed by atoms with E-state index in [2.05, 4.69) is 20.9 Å². The summed E-state index contributed by atoms with van der Waals surface area (Å²) in [5, 5.41) is 0. The van der Waals surface area contributed by atoms with Gasteiger partial charge in [-0.1, -0.05) is 0 Å². The summed E-state index contributed by atoms with van der Waals surface area (Å²) < 4.78 is 14.0. The van der Waals surface area contributed by atoms with E-state index in [1.807, 2.05) is 0 Å². The van der Waals surface area contributed by atoms with E-state index >= 15 is 0 Å². The van der Waals surface area contributed by atoms with Crippen LogP contribution in [0.2, 0.25) is 0 Å². The molecule has 1 aliphatic rings. The Morgan fingerprint density at radius 2 is 2.33 bits per heavy atom. The van der Waals surface area contributed by atoms with Crippen LogP contribution in [0.25, 0.3) is 0 Å². The summed E-state index contributed by atoms with van der Waals surface area (Å²) in [5.41, 5.74) is 7.42. The molecule has 1 aromatic heterocycles. The first-order valence-corrected chi connectivity index (χ1v) is 4.51. The Morgan fingerprint density at radius 1 is 1.58 bits per heavy atom. The van der Waals surface area contributed by atoms with Gasteiger partial charge in [-0.05, 0) is 27.1 Å². The highest BCUT2D eigenvalue weighted by atomic mass is 79.9. The summed E-state index contributed by atoms with van der Waals surface area (Å²) in [6.07, 6.45) is 2.76. The van der Waals surface area contributed by atoms with Gasteiger partial charge in [0.25, 0.3) is 0 Å². The number of alkyl halides is 1. The Labute approximate surface area is 78.1 Å². The second-order valence-electron chi connectivity index (χ2n) is 2.94. The van der Waals surface area contributed by atoms with Gasteiger partial charge in [0.15, 0.2) is 0 Å². The van der Waals surface area contributed by atoms with Crippen LogP contribution in [0.1, 0.15) is 17.2 Å². The van der Waals surface area contributed by atoms with Crippen molar-refractivity contribution in [2.75, 3.05) is 0 Å². The highest BCUT2D eigenvalue weighted by Gasteiger charge is 2.30. The second-order valence-corrected chi connectivity index (χ2v) is 3.79. The van der Waals surface area contributed by atoms with Crippen LogP contribution in [-0.2, 0) is 6.42 Å². The molecule has 1 aliphatic carbocycles. The molecule has 2 atom stereocenters. The highest BCUT2D eigenvalue weighted by Crippen LogP contribution is 2.34. The molecule has 1 heterocycles. The number of nitrogens with zero attached hydrogens (tertiary/aromatic N) is 1. The Kier molecular flexibility index (Phi) is 1.88. The maximum Gasteiger partial charge on any atom is 0.123 e. The number of pyridine rings is 1. The molecule has 0 saturated heterocycles. The third-order valence-corrected chi connectivity index (χ3v) is 2.87. The van der Waals surface area contributed by atoms with Gasteiger partial charge in [0.2, 0.25) is 0 Å². The van der Waals surface area contributed by atoms with Crippen LogP contribution in [0.3, 0.4) is 0 Å². The lowest BCUT2D eigenvalue weighted by atomic mass is 10.1. The van der Waals surface area contributed by atoms with E-state index in [0.717, 1.165) is 15.6 Å². The van der Waals surface area contributed by atoms with Crippen LogP contribution >= 0.6 is 15.9 Å². The van der Waals surface area contributed by atoms with Gasteiger partial charge in [0.1, 0.15) is 6.17 Å². The van der Waals surface area contributed by atoms with Crippen LogP contribution in [0.5, 0.6) is 0 Å². The van der Waals surface area contributed by atoms with E-state index in [4.69, 9.17) is 5.73 Å². The Balaban J connectivity index is 2.53. The predicted octanol–water partition coefficient (Wildman–Crippen LogP) is 1.74. The molecule has 2 N–H and O–H groups in total. The highest BCUT2D eigenvalue weighted by molar-refractivity contribution is 9.10. The molecule has 0 fully saturated rings. The van der Waals surface area contributed by atoms with Gasteiger partial charge in [-0.25, -0.2) is 4.39 Å². The van der Waals surface area contributed by atoms with Crippen LogP contribution < -0.4 is 5.73 Å². The number of hydrogen-bond acceptors (Lipinski definition) is 2. The van der Waals surface area contributed by atoms with Crippen LogP contribution in [0.15, 0.2) is 16.9 Å². The lowest BCUT2D eigenvalue weighted by Gasteiger charge is -2.05. The minimum Gasteiger partial charge on any atom is -0.321 e. The van der Waals surface area contributed by atoms with Gasteiger partial charge < -0.3 is 5.73 Å². The summed E-state index contributed by atoms with van der Waals surface area (Å²) in [6.45, 7) is 0. The van der Waals surface area contributed by atoms with E-state index in [0.29, 0.717) is 6.42 Å². The molecule has 2 unspecified atom stereocenters. The number of nitrogens with two attached hydrogens (primary N) is 1. The van der Waals surface area contributed by atoms with Crippen LogP contribution in [0, 0.1) is 0 Å². The minimum atomic E-state index is -0.958. The molecular weight excluding hydrogens is 223 g/mol. The van der Waals surface area contributed by atoms with Crippen molar-refractivity contribution in [3.8, 4) is 0 Å². The van der Waals surface area contributed by atoms with Crippen molar-refractivity contribution in [1.29, 1.82) is 0 Å². The van der Waals surface area contributed by atoms with Gasteiger partial charge in [-0.2, -0.15) is 0 Å². The van der Waals surface area contributed by atoms with Crippen LogP contribution in [0.4, 0.5) is 4.39 Å². The fourth-order valence-corrected chi connectivity index (χ4v) is 2.01. The molecule has 12 heavy (non-hydrogen) atoms. The van der Waals surface area contributed by atoms with E-state index < -0.39 is 12.2 Å². The first kappa shape index (κ1) is 8.13. The minimum absolute atomic E-state index is 0.402. The lowest BCUT2D eigenvalue weighted by Crippen LogP contribution is -2.17. The zero-order chi connectivity index (χ0) is 8.72. The van der Waals surface area contributed by atoms with Crippen molar-refractivity contribution in [1.82, 2.24) is 4.98 Å². The first-order valence-electron chi connectivity index (χ1n) is 3.72. The largest absolute Gasteiger partial charge is 0.321 e. The smallest absolute Gasteiger partial charge is 0.123 e. The maximum absolute atomic E-state index is 13.1. The van der Waals surface area contributed by atoms with Gasteiger partial charge >= 0.3 is 0 Å². The number of halogens is 2. The standard InChI is InChI=1S/C8H8BrFN2/c9-6-3-12-2-5-4(6)1-7(10)8(5)11/h2-3,7-8H,1,11H2. The Bertz CT molecular complexity index is 316. The molecule has 2 rings (SSSR count). The predicted molar refractivity (Wildman–Crippen MR) is 47.5 cm³/mol. The maximum atomic E-state index is 13.1. The summed E-state index contributed by atoms with van der Waals surface area (Å²) in [6, 6.07) is -0.495. The third-order valence-electron chi connectivity index (χ3n) is 2.19. The van der Waals surface area contributed by atoms with E-state index in [1.165, 1.54) is 0 Å². The van der Waals surface area contributed by atoms with Crippen molar-refractivity contribution in [2.24, 2.45) is 5.73 Å². The molecule has 0 aliphatic heterocycles. The molecule has 0 radical (unpaired) electrons. The number of aromatic nitrogens is 1. The van der Waals surface area contributed by atoms with Crippen molar-refractivity contribution in [3.05, 3.63) is 28.0 Å². The zero-order valence-electron chi connectivity index (χ0n) is 6.30. The Hall–Kier alpha value is -0.480. The first-order chi connectivity index (χ1) is 5.70. The fraction of sp³-hybridized carbons (Fsp3) is 0.375. The Morgan fingerprint density at radius 3 is 3.00 bits per heavy atom. The van der Waals surface area contributed by atoms with Gasteiger partial charge in [-0.3, -0.25) is 4.98 Å². The van der Waals surface area contributed by atoms with E-state index in [1.54, 1.807) is 12.4 Å². The molecule has 2 nitrogen and oxygen atoms in total. The normalized spacial score (nSPS) is 27.2. The molecule has 0 spiro atoms. The average Bonchev–Trinajstić information content (AvgIpc) is 2.32. The molecule has 1 aromatic rings. The van der Waals surface area contributed by atoms with Crippen LogP contribution in [-0.4, -0.2) is 11.2 Å². The van der Waals surface area contributed by atoms with Crippen molar-refractivity contribution in [3.63, 3.8) is 0 Å². The summed E-state index contributed by atoms with van der Waals surface area (Å²) in [5.74, 6) is 0. The summed E-state index contributed by atoms with van der Waals surface area (Å²) in [4.78, 5) is 3.95. The van der Waals surface area contributed by atoms with Crippen molar-refractivity contribution < 1.29 is 4.39 Å². The van der Waals surface area contributed by atoms with Gasteiger partial charge in [-0.15, -0.1) is 0 Å². The average molecular weight is 231 g/mol. The zero-order valence-corrected chi connectivity index (χ0v) is 7.88. The third kappa shape index (κ3) is 1.06. The van der Waals surface area contributed by atoms with E-state index in [-0.39, 0.29) is 0 Å². The molecule has 0 bridgehead atoms. The molecule has 64 valence electrons. The summed E-state index contributed by atoms with van der Waals surface area (Å²) in [7, 11) is 0. The lowest BCUT2D eigenvalue weighted by molar-refractivity contribution is 0.303. The quantitative estimate of drug-likeness (QED) is 0.738. The molecular formula is C8H8BrFN2. The molecule has 0 aromatic carbocycles. The van der Waals surface area contributed by atoms with Crippen molar-refractivity contribution >= 4 is 15.9 Å². The van der Waals surface area contributed by atoms with Gasteiger partial charge in [0, 0.05) is 23.3 Å². The number of fused-ring (bicyclic) bond motifs is 1. The molecule has 0 amide bonds.